The molecule has 1 aromatic rings. The van der Waals surface area contributed by atoms with Crippen LogP contribution in [0.15, 0.2) is 18.2 Å². The number of piperidine rings is 1. The molecule has 7 heteroatoms. The molecule has 1 saturated heterocycles. The van der Waals surface area contributed by atoms with E-state index in [2.05, 4.69) is 5.32 Å². The third-order valence-corrected chi connectivity index (χ3v) is 3.88. The Balaban J connectivity index is 2.06. The van der Waals surface area contributed by atoms with Crippen molar-refractivity contribution in [1.82, 2.24) is 4.90 Å². The summed E-state index contributed by atoms with van der Waals surface area (Å²) in [5.41, 5.74) is 0.274. The van der Waals surface area contributed by atoms with Gasteiger partial charge < -0.3 is 15.3 Å². The first-order chi connectivity index (χ1) is 10.9. The van der Waals surface area contributed by atoms with E-state index in [1.54, 1.807) is 0 Å². The second kappa shape index (κ2) is 7.21. The number of hydrogen-bond donors (Lipinski definition) is 2. The Morgan fingerprint density at radius 2 is 1.96 bits per heavy atom. The first-order valence-corrected chi connectivity index (χ1v) is 7.45. The molecule has 1 aliphatic heterocycles. The zero-order valence-electron chi connectivity index (χ0n) is 12.8. The molecule has 2 N–H and O–H groups in total. The number of carbonyl (C=O) groups is 3. The highest BCUT2D eigenvalue weighted by atomic mass is 19.1. The number of nitrogens with one attached hydrogen (secondary N) is 1. The van der Waals surface area contributed by atoms with Gasteiger partial charge >= 0.3 is 5.97 Å². The number of halogens is 1. The van der Waals surface area contributed by atoms with Crippen molar-refractivity contribution in [3.63, 3.8) is 0 Å². The monoisotopic (exact) mass is 322 g/mol. The van der Waals surface area contributed by atoms with Gasteiger partial charge in [0.05, 0.1) is 5.56 Å². The summed E-state index contributed by atoms with van der Waals surface area (Å²) < 4.78 is 13.9. The Labute approximate surface area is 133 Å². The summed E-state index contributed by atoms with van der Waals surface area (Å²) in [5.74, 6) is -2.18. The van der Waals surface area contributed by atoms with Crippen LogP contribution in [0.4, 0.5) is 10.1 Å². The second-order valence-electron chi connectivity index (χ2n) is 5.71. The van der Waals surface area contributed by atoms with Gasteiger partial charge in [-0.1, -0.05) is 0 Å². The Morgan fingerprint density at radius 3 is 2.52 bits per heavy atom. The number of hydrogen-bond acceptors (Lipinski definition) is 3. The molecule has 6 nitrogen and oxygen atoms in total. The SMILES string of the molecule is CC(=O)Nc1ccc(F)c(C(=O)N2CCC(CC(=O)O)CC2)c1. The van der Waals surface area contributed by atoms with E-state index >= 15 is 0 Å². The lowest BCUT2D eigenvalue weighted by atomic mass is 9.93. The lowest BCUT2D eigenvalue weighted by molar-refractivity contribution is -0.138. The van der Waals surface area contributed by atoms with Crippen LogP contribution in [0.5, 0.6) is 0 Å². The highest BCUT2D eigenvalue weighted by molar-refractivity contribution is 5.97. The molecule has 0 unspecified atom stereocenters. The van der Waals surface area contributed by atoms with Gasteiger partial charge in [-0.3, -0.25) is 14.4 Å². The molecular weight excluding hydrogens is 303 g/mol. The van der Waals surface area contributed by atoms with E-state index in [-0.39, 0.29) is 23.8 Å². The van der Waals surface area contributed by atoms with Gasteiger partial charge in [-0.15, -0.1) is 0 Å². The van der Waals surface area contributed by atoms with Gasteiger partial charge in [0.15, 0.2) is 0 Å². The van der Waals surface area contributed by atoms with Gasteiger partial charge in [0.1, 0.15) is 5.82 Å². The minimum Gasteiger partial charge on any atom is -0.481 e. The third kappa shape index (κ3) is 4.51. The predicted octanol–water partition coefficient (Wildman–Crippen LogP) is 2.11. The summed E-state index contributed by atoms with van der Waals surface area (Å²) in [6.07, 6.45) is 1.27. The number of amides is 2. The van der Waals surface area contributed by atoms with Crippen LogP contribution < -0.4 is 5.32 Å². The predicted molar refractivity (Wildman–Crippen MR) is 81.6 cm³/mol. The number of anilines is 1. The van der Waals surface area contributed by atoms with Crippen molar-refractivity contribution >= 4 is 23.5 Å². The molecule has 1 aromatic carbocycles. The number of carbonyl (C=O) groups excluding carboxylic acids is 2. The molecule has 1 aliphatic rings. The van der Waals surface area contributed by atoms with E-state index in [0.29, 0.717) is 31.6 Å². The van der Waals surface area contributed by atoms with Crippen LogP contribution in [0.3, 0.4) is 0 Å². The number of nitrogens with zero attached hydrogens (tertiary/aromatic N) is 1. The van der Waals surface area contributed by atoms with Gasteiger partial charge in [0.2, 0.25) is 5.91 Å². The number of carboxylic acid groups (broad SMARTS) is 1. The van der Waals surface area contributed by atoms with Crippen LogP contribution in [0.2, 0.25) is 0 Å². The molecule has 0 aliphatic carbocycles. The molecular formula is C16H19FN2O4. The Hall–Kier alpha value is -2.44. The minimum atomic E-state index is -0.844. The molecule has 0 saturated carbocycles. The summed E-state index contributed by atoms with van der Waals surface area (Å²) in [6.45, 7) is 2.14. The molecule has 1 heterocycles. The minimum absolute atomic E-state index is 0.0483. The Morgan fingerprint density at radius 1 is 1.30 bits per heavy atom. The topological polar surface area (TPSA) is 86.7 Å². The maximum Gasteiger partial charge on any atom is 0.303 e. The van der Waals surface area contributed by atoms with Crippen molar-refractivity contribution in [2.75, 3.05) is 18.4 Å². The van der Waals surface area contributed by atoms with Crippen LogP contribution in [-0.4, -0.2) is 40.9 Å². The summed E-state index contributed by atoms with van der Waals surface area (Å²) in [5, 5.41) is 11.3. The average Bonchev–Trinajstić information content (AvgIpc) is 2.48. The van der Waals surface area contributed by atoms with E-state index in [0.717, 1.165) is 6.07 Å². The van der Waals surface area contributed by atoms with Gasteiger partial charge in [0, 0.05) is 32.1 Å². The van der Waals surface area contributed by atoms with E-state index in [1.807, 2.05) is 0 Å². The third-order valence-electron chi connectivity index (χ3n) is 3.88. The highest BCUT2D eigenvalue weighted by Crippen LogP contribution is 2.23. The van der Waals surface area contributed by atoms with E-state index in [1.165, 1.54) is 24.0 Å². The largest absolute Gasteiger partial charge is 0.481 e. The summed E-state index contributed by atoms with van der Waals surface area (Å²) in [6, 6.07) is 3.87. The van der Waals surface area contributed by atoms with Gasteiger partial charge in [0.25, 0.3) is 5.91 Å². The lowest BCUT2D eigenvalue weighted by Crippen LogP contribution is -2.39. The smallest absolute Gasteiger partial charge is 0.303 e. The number of aliphatic carboxylic acids is 1. The van der Waals surface area contributed by atoms with Gasteiger partial charge in [-0.25, -0.2) is 4.39 Å². The molecule has 0 radical (unpaired) electrons. The summed E-state index contributed by atoms with van der Waals surface area (Å²) >= 11 is 0. The standard InChI is InChI=1S/C16H19FN2O4/c1-10(20)18-12-2-3-14(17)13(9-12)16(23)19-6-4-11(5-7-19)8-15(21)22/h2-3,9,11H,4-8H2,1H3,(H,18,20)(H,21,22). The maximum atomic E-state index is 13.9. The molecule has 2 amide bonds. The van der Waals surface area contributed by atoms with Crippen LogP contribution in [0, 0.1) is 11.7 Å². The fourth-order valence-electron chi connectivity index (χ4n) is 2.73. The van der Waals surface area contributed by atoms with Crippen molar-refractivity contribution in [3.8, 4) is 0 Å². The molecule has 0 aromatic heterocycles. The summed E-state index contributed by atoms with van der Waals surface area (Å²) in [7, 11) is 0. The lowest BCUT2D eigenvalue weighted by Gasteiger charge is -2.31. The van der Waals surface area contributed by atoms with Crippen LogP contribution in [-0.2, 0) is 9.59 Å². The van der Waals surface area contributed by atoms with E-state index in [9.17, 15) is 18.8 Å². The number of benzene rings is 1. The number of carboxylic acids is 1. The summed E-state index contributed by atoms with van der Waals surface area (Å²) in [4.78, 5) is 35.7. The maximum absolute atomic E-state index is 13.9. The second-order valence-corrected chi connectivity index (χ2v) is 5.71. The Kier molecular flexibility index (Phi) is 5.31. The van der Waals surface area contributed by atoms with Gasteiger partial charge in [-0.2, -0.15) is 0 Å². The molecule has 1 fully saturated rings. The van der Waals surface area contributed by atoms with Crippen LogP contribution in [0.25, 0.3) is 0 Å². The number of rotatable bonds is 4. The average molecular weight is 322 g/mol. The quantitative estimate of drug-likeness (QED) is 0.889. The normalized spacial score (nSPS) is 15.3. The Bertz CT molecular complexity index is 625. The van der Waals surface area contributed by atoms with Gasteiger partial charge in [-0.05, 0) is 37.0 Å². The fourth-order valence-corrected chi connectivity index (χ4v) is 2.73. The van der Waals surface area contributed by atoms with Crippen molar-refractivity contribution in [2.24, 2.45) is 5.92 Å². The molecule has 23 heavy (non-hydrogen) atoms. The van der Waals surface area contributed by atoms with Crippen LogP contribution in [0.1, 0.15) is 36.5 Å². The van der Waals surface area contributed by atoms with E-state index < -0.39 is 17.7 Å². The van der Waals surface area contributed by atoms with Crippen molar-refractivity contribution in [1.29, 1.82) is 0 Å². The molecule has 0 atom stereocenters. The fraction of sp³-hybridized carbons (Fsp3) is 0.438. The van der Waals surface area contributed by atoms with Crippen molar-refractivity contribution in [3.05, 3.63) is 29.6 Å². The molecule has 0 spiro atoms. The zero-order valence-corrected chi connectivity index (χ0v) is 12.8. The van der Waals surface area contributed by atoms with Crippen LogP contribution >= 0.6 is 0 Å². The van der Waals surface area contributed by atoms with Crippen molar-refractivity contribution in [2.45, 2.75) is 26.2 Å². The first kappa shape index (κ1) is 16.9. The zero-order chi connectivity index (χ0) is 17.0. The molecule has 2 rings (SSSR count). The highest BCUT2D eigenvalue weighted by Gasteiger charge is 2.26. The number of likely N-dealkylation sites (tertiary alicyclic amines) is 1. The molecule has 0 bridgehead atoms. The van der Waals surface area contributed by atoms with Crippen molar-refractivity contribution < 1.29 is 23.9 Å². The van der Waals surface area contributed by atoms with E-state index in [4.69, 9.17) is 5.11 Å². The first-order valence-electron chi connectivity index (χ1n) is 7.45. The molecule has 124 valence electrons.